The number of hydrogen-bond acceptors (Lipinski definition) is 6. The summed E-state index contributed by atoms with van der Waals surface area (Å²) in [4.78, 5) is 30.6. The van der Waals surface area contributed by atoms with E-state index in [1.165, 1.54) is 12.0 Å². The summed E-state index contributed by atoms with van der Waals surface area (Å²) < 4.78 is 7.95. The number of carbonyl (C=O) groups is 2. The molecule has 1 aliphatic carbocycles. The van der Waals surface area contributed by atoms with Gasteiger partial charge in [0.05, 0.1) is 23.3 Å². The van der Waals surface area contributed by atoms with Crippen molar-refractivity contribution in [1.82, 2.24) is 9.78 Å². The van der Waals surface area contributed by atoms with Gasteiger partial charge in [-0.15, -0.1) is 11.3 Å². The van der Waals surface area contributed by atoms with Crippen LogP contribution in [0.5, 0.6) is 11.5 Å². The van der Waals surface area contributed by atoms with Crippen molar-refractivity contribution >= 4 is 56.7 Å². The number of aromatic hydroxyl groups is 1. The van der Waals surface area contributed by atoms with Gasteiger partial charge in [-0.25, -0.2) is 4.90 Å². The summed E-state index contributed by atoms with van der Waals surface area (Å²) in [6.45, 7) is 7.90. The Kier molecular flexibility index (Phi) is 6.86. The second-order valence-electron chi connectivity index (χ2n) is 10.9. The number of halogens is 1. The molecule has 6 rings (SSSR count). The molecule has 1 saturated heterocycles. The molecule has 2 aromatic heterocycles. The first-order valence-electron chi connectivity index (χ1n) is 13.6. The van der Waals surface area contributed by atoms with Gasteiger partial charge in [0.1, 0.15) is 11.5 Å². The molecule has 1 fully saturated rings. The molecule has 7 nitrogen and oxygen atoms in total. The van der Waals surface area contributed by atoms with Crippen LogP contribution in [0.25, 0.3) is 26.7 Å². The highest BCUT2D eigenvalue weighted by Crippen LogP contribution is 2.53. The molecule has 0 bridgehead atoms. The second-order valence-corrected chi connectivity index (χ2v) is 12.4. The lowest BCUT2D eigenvalue weighted by atomic mass is 9.62. The first-order chi connectivity index (χ1) is 20.1. The molecule has 0 radical (unpaired) electrons. The maximum absolute atomic E-state index is 14.3. The number of amides is 2. The minimum absolute atomic E-state index is 0.0448. The van der Waals surface area contributed by atoms with E-state index in [2.05, 4.69) is 6.58 Å². The van der Waals surface area contributed by atoms with E-state index in [1.54, 1.807) is 47.3 Å². The van der Waals surface area contributed by atoms with Crippen LogP contribution in [-0.4, -0.2) is 33.8 Å². The number of carbonyl (C=O) groups excluding carboxylic acids is 2. The number of fused-ring (bicyclic) bond motifs is 2. The zero-order valence-electron chi connectivity index (χ0n) is 23.7. The van der Waals surface area contributed by atoms with E-state index >= 15 is 0 Å². The van der Waals surface area contributed by atoms with Gasteiger partial charge in [0.2, 0.25) is 11.8 Å². The molecule has 214 valence electrons. The molecule has 2 amide bonds. The number of allylic oxidation sites excluding steroid dienone is 4. The summed E-state index contributed by atoms with van der Waals surface area (Å²) in [6.07, 6.45) is 8.03. The number of imide groups is 1. The van der Waals surface area contributed by atoms with Gasteiger partial charge in [-0.1, -0.05) is 48.6 Å². The average Bonchev–Trinajstić information content (AvgIpc) is 3.57. The number of anilines is 1. The highest BCUT2D eigenvalue weighted by Gasteiger charge is 2.61. The molecule has 0 unspecified atom stereocenters. The van der Waals surface area contributed by atoms with Crippen LogP contribution in [0.2, 0.25) is 5.02 Å². The molecule has 3 heterocycles. The summed E-state index contributed by atoms with van der Waals surface area (Å²) >= 11 is 7.86. The summed E-state index contributed by atoms with van der Waals surface area (Å²) in [7, 11) is 3.25. The number of nitrogens with zero attached hydrogens (tertiary/aromatic N) is 3. The van der Waals surface area contributed by atoms with Crippen LogP contribution in [0.15, 0.2) is 72.8 Å². The number of aryl methyl sites for hydroxylation is 2. The standard InChI is InChI=1S/C33H30ClN3O4S/c1-6-20-9-12-24-31(39)37(32(40)33(24,3)23(20)11-7-19-8-13-26(38)27(15-19)41-5)29-17-25(35-36(29)4)30-18(2)22-16-21(34)10-14-28(22)42-30/h6-11,13-17,23-24,38H,1,12H2,2-5H3/t23-,24-,33-/m0/s1. The monoisotopic (exact) mass is 599 g/mol. The van der Waals surface area contributed by atoms with Crippen molar-refractivity contribution in [3.05, 3.63) is 89.0 Å². The summed E-state index contributed by atoms with van der Waals surface area (Å²) in [5.41, 5.74) is 2.41. The predicted molar refractivity (Wildman–Crippen MR) is 168 cm³/mol. The van der Waals surface area contributed by atoms with Crippen molar-refractivity contribution in [1.29, 1.82) is 0 Å². The molecule has 4 aromatic rings. The minimum atomic E-state index is -1.03. The largest absolute Gasteiger partial charge is 0.504 e. The number of hydrogen-bond donors (Lipinski definition) is 1. The van der Waals surface area contributed by atoms with Crippen molar-refractivity contribution in [2.75, 3.05) is 12.0 Å². The first kappa shape index (κ1) is 28.0. The maximum atomic E-state index is 14.3. The lowest BCUT2D eigenvalue weighted by Crippen LogP contribution is -2.42. The fraction of sp³-hybridized carbons (Fsp3) is 0.242. The van der Waals surface area contributed by atoms with Gasteiger partial charge in [-0.05, 0) is 72.7 Å². The third-order valence-electron chi connectivity index (χ3n) is 8.64. The molecular formula is C33H30ClN3O4S. The Morgan fingerprint density at radius 3 is 2.74 bits per heavy atom. The van der Waals surface area contributed by atoms with E-state index in [1.807, 2.05) is 56.3 Å². The maximum Gasteiger partial charge on any atom is 0.242 e. The van der Waals surface area contributed by atoms with E-state index in [0.717, 1.165) is 31.7 Å². The third-order valence-corrected chi connectivity index (χ3v) is 10.2. The van der Waals surface area contributed by atoms with Gasteiger partial charge >= 0.3 is 0 Å². The lowest BCUT2D eigenvalue weighted by Gasteiger charge is -2.38. The van der Waals surface area contributed by atoms with Gasteiger partial charge in [-0.3, -0.25) is 14.3 Å². The second kappa shape index (κ2) is 10.3. The van der Waals surface area contributed by atoms with E-state index in [4.69, 9.17) is 21.4 Å². The molecule has 3 atom stereocenters. The van der Waals surface area contributed by atoms with Crippen LogP contribution in [0.4, 0.5) is 5.82 Å². The Hall–Kier alpha value is -4.14. The zero-order valence-corrected chi connectivity index (χ0v) is 25.3. The van der Waals surface area contributed by atoms with Crippen molar-refractivity contribution in [3.63, 3.8) is 0 Å². The van der Waals surface area contributed by atoms with Crippen LogP contribution in [-0.2, 0) is 16.6 Å². The Bertz CT molecular complexity index is 1850. The van der Waals surface area contributed by atoms with Crippen molar-refractivity contribution in [2.45, 2.75) is 20.3 Å². The van der Waals surface area contributed by atoms with Crippen LogP contribution in [0.3, 0.4) is 0 Å². The molecule has 0 saturated carbocycles. The summed E-state index contributed by atoms with van der Waals surface area (Å²) in [5, 5.41) is 16.4. The van der Waals surface area contributed by atoms with Gasteiger partial charge in [-0.2, -0.15) is 5.10 Å². The number of rotatable bonds is 6. The van der Waals surface area contributed by atoms with Gasteiger partial charge in [0.15, 0.2) is 11.5 Å². The highest BCUT2D eigenvalue weighted by molar-refractivity contribution is 7.22. The minimum Gasteiger partial charge on any atom is -0.504 e. The number of methoxy groups -OCH3 is 1. The van der Waals surface area contributed by atoms with Crippen LogP contribution >= 0.6 is 22.9 Å². The summed E-state index contributed by atoms with van der Waals surface area (Å²) in [6, 6.07) is 12.7. The molecule has 9 heteroatoms. The Morgan fingerprint density at radius 2 is 2.00 bits per heavy atom. The molecular weight excluding hydrogens is 570 g/mol. The topological polar surface area (TPSA) is 84.7 Å². The molecule has 1 N–H and O–H groups in total. The number of phenolic OH excluding ortho intramolecular Hbond substituents is 1. The molecule has 42 heavy (non-hydrogen) atoms. The number of benzene rings is 2. The Balaban J connectivity index is 1.38. The normalized spacial score (nSPS) is 22.2. The van der Waals surface area contributed by atoms with E-state index in [9.17, 15) is 14.7 Å². The number of phenols is 1. The van der Waals surface area contributed by atoms with Crippen molar-refractivity contribution in [3.8, 4) is 22.1 Å². The first-order valence-corrected chi connectivity index (χ1v) is 14.8. The fourth-order valence-electron chi connectivity index (χ4n) is 6.28. The van der Waals surface area contributed by atoms with Gasteiger partial charge < -0.3 is 9.84 Å². The molecule has 1 aliphatic heterocycles. The van der Waals surface area contributed by atoms with Gasteiger partial charge in [0.25, 0.3) is 0 Å². The smallest absolute Gasteiger partial charge is 0.242 e. The average molecular weight is 600 g/mol. The van der Waals surface area contributed by atoms with Crippen LogP contribution in [0, 0.1) is 24.2 Å². The third kappa shape index (κ3) is 4.20. The number of ether oxygens (including phenoxy) is 1. The molecule has 2 aliphatic rings. The van der Waals surface area contributed by atoms with Crippen molar-refractivity contribution < 1.29 is 19.4 Å². The Morgan fingerprint density at radius 1 is 1.21 bits per heavy atom. The fourth-order valence-corrected chi connectivity index (χ4v) is 7.60. The predicted octanol–water partition coefficient (Wildman–Crippen LogP) is 7.32. The van der Waals surface area contributed by atoms with Gasteiger partial charge in [0, 0.05) is 28.8 Å². The highest BCUT2D eigenvalue weighted by atomic mass is 35.5. The van der Waals surface area contributed by atoms with Crippen molar-refractivity contribution in [2.24, 2.45) is 24.3 Å². The molecule has 0 spiro atoms. The zero-order chi connectivity index (χ0) is 29.9. The number of aromatic nitrogens is 2. The quantitative estimate of drug-likeness (QED) is 0.235. The summed E-state index contributed by atoms with van der Waals surface area (Å²) in [5.74, 6) is -0.591. The molecule has 2 aromatic carbocycles. The SMILES string of the molecule is C=CC1=CC[C@H]2C(=O)N(c3cc(-c4sc5ccc(Cl)cc5c4C)nn3C)C(=O)[C@@]2(C)[C@H]1C=Cc1ccc(O)c(OC)c1. The van der Waals surface area contributed by atoms with E-state index in [0.29, 0.717) is 28.7 Å². The van der Waals surface area contributed by atoms with E-state index < -0.39 is 17.3 Å². The van der Waals surface area contributed by atoms with Crippen LogP contribution < -0.4 is 9.64 Å². The van der Waals surface area contributed by atoms with E-state index in [-0.39, 0.29) is 17.6 Å². The van der Waals surface area contributed by atoms with Crippen LogP contribution in [0.1, 0.15) is 24.5 Å². The number of thiophene rings is 1. The lowest BCUT2D eigenvalue weighted by molar-refractivity contribution is -0.128. The Labute approximate surface area is 253 Å².